The predicted molar refractivity (Wildman–Crippen MR) is 95.8 cm³/mol. The van der Waals surface area contributed by atoms with E-state index in [2.05, 4.69) is 22.2 Å². The molecule has 1 saturated heterocycles. The molecular formula is C18H21ClN4O. The van der Waals surface area contributed by atoms with E-state index >= 15 is 0 Å². The molecule has 24 heavy (non-hydrogen) atoms. The average Bonchev–Trinajstić information content (AvgIpc) is 2.53. The lowest BCUT2D eigenvalue weighted by atomic mass is 10.00. The van der Waals surface area contributed by atoms with Gasteiger partial charge in [0.1, 0.15) is 5.69 Å². The summed E-state index contributed by atoms with van der Waals surface area (Å²) in [4.78, 5) is 23.4. The first kappa shape index (κ1) is 16.7. The van der Waals surface area contributed by atoms with Crippen LogP contribution < -0.4 is 5.32 Å². The normalized spacial score (nSPS) is 17.6. The molecule has 1 unspecified atom stereocenters. The topological polar surface area (TPSA) is 58.1 Å². The van der Waals surface area contributed by atoms with Crippen molar-refractivity contribution in [3.63, 3.8) is 0 Å². The Bertz CT molecular complexity index is 750. The molecular weight excluding hydrogens is 324 g/mol. The van der Waals surface area contributed by atoms with E-state index in [1.54, 1.807) is 18.2 Å². The zero-order valence-electron chi connectivity index (χ0n) is 13.9. The van der Waals surface area contributed by atoms with Crippen molar-refractivity contribution in [2.24, 2.45) is 5.92 Å². The minimum Gasteiger partial charge on any atom is -0.337 e. The summed E-state index contributed by atoms with van der Waals surface area (Å²) in [5.41, 5.74) is 1.97. The Morgan fingerprint density at radius 1 is 1.33 bits per heavy atom. The van der Waals surface area contributed by atoms with E-state index in [0.717, 1.165) is 30.9 Å². The van der Waals surface area contributed by atoms with Crippen molar-refractivity contribution >= 4 is 29.1 Å². The molecule has 0 saturated carbocycles. The fourth-order valence-corrected chi connectivity index (χ4v) is 3.16. The van der Waals surface area contributed by atoms with Gasteiger partial charge < -0.3 is 10.2 Å². The number of amides is 1. The van der Waals surface area contributed by atoms with Crippen LogP contribution in [0.3, 0.4) is 0 Å². The van der Waals surface area contributed by atoms with Gasteiger partial charge in [-0.2, -0.15) is 0 Å². The Balaban J connectivity index is 1.82. The Labute approximate surface area is 147 Å². The van der Waals surface area contributed by atoms with Gasteiger partial charge in [0, 0.05) is 29.5 Å². The van der Waals surface area contributed by atoms with Gasteiger partial charge in [-0.1, -0.05) is 24.6 Å². The number of carbonyl (C=O) groups is 1. The van der Waals surface area contributed by atoms with Crippen LogP contribution in [-0.2, 0) is 0 Å². The lowest BCUT2D eigenvalue weighted by molar-refractivity contribution is 0.0677. The van der Waals surface area contributed by atoms with Gasteiger partial charge in [0.2, 0.25) is 5.95 Å². The third-order valence-corrected chi connectivity index (χ3v) is 4.33. The van der Waals surface area contributed by atoms with E-state index in [1.165, 1.54) is 6.42 Å². The van der Waals surface area contributed by atoms with E-state index in [4.69, 9.17) is 11.6 Å². The second kappa shape index (κ2) is 7.18. The van der Waals surface area contributed by atoms with Crippen LogP contribution in [0.2, 0.25) is 5.02 Å². The minimum absolute atomic E-state index is 0.0267. The second-order valence-electron chi connectivity index (χ2n) is 6.35. The van der Waals surface area contributed by atoms with Gasteiger partial charge >= 0.3 is 0 Å². The van der Waals surface area contributed by atoms with Crippen molar-refractivity contribution in [2.75, 3.05) is 18.4 Å². The number of nitrogens with one attached hydrogen (secondary N) is 1. The van der Waals surface area contributed by atoms with Crippen molar-refractivity contribution < 1.29 is 4.79 Å². The van der Waals surface area contributed by atoms with Crippen molar-refractivity contribution in [1.29, 1.82) is 0 Å². The quantitative estimate of drug-likeness (QED) is 0.912. The van der Waals surface area contributed by atoms with Crippen molar-refractivity contribution in [2.45, 2.75) is 26.7 Å². The lowest BCUT2D eigenvalue weighted by Gasteiger charge is -2.30. The molecule has 1 atom stereocenters. The number of benzene rings is 1. The van der Waals surface area contributed by atoms with Gasteiger partial charge in [0.05, 0.1) is 0 Å². The highest BCUT2D eigenvalue weighted by Crippen LogP contribution is 2.20. The van der Waals surface area contributed by atoms with Gasteiger partial charge in [-0.05, 0) is 49.9 Å². The molecule has 1 N–H and O–H groups in total. The molecule has 1 aromatic heterocycles. The van der Waals surface area contributed by atoms with Crippen LogP contribution in [0.15, 0.2) is 30.3 Å². The van der Waals surface area contributed by atoms with E-state index < -0.39 is 0 Å². The number of aryl methyl sites for hydroxylation is 1. The summed E-state index contributed by atoms with van der Waals surface area (Å²) in [6.07, 6.45) is 2.22. The van der Waals surface area contributed by atoms with Crippen LogP contribution in [0.4, 0.5) is 11.6 Å². The standard InChI is InChI=1S/C18H21ClN4O/c1-12-5-4-8-23(11-12)17(24)16-9-13(2)20-18(22-16)21-15-7-3-6-14(19)10-15/h3,6-7,9-10,12H,4-5,8,11H2,1-2H3,(H,20,21,22). The van der Waals surface area contributed by atoms with Crippen LogP contribution >= 0.6 is 11.6 Å². The van der Waals surface area contributed by atoms with Crippen LogP contribution in [-0.4, -0.2) is 33.9 Å². The fourth-order valence-electron chi connectivity index (χ4n) is 2.97. The molecule has 1 amide bonds. The summed E-state index contributed by atoms with van der Waals surface area (Å²) < 4.78 is 0. The number of likely N-dealkylation sites (tertiary alicyclic amines) is 1. The second-order valence-corrected chi connectivity index (χ2v) is 6.79. The Hall–Kier alpha value is -2.14. The minimum atomic E-state index is -0.0267. The highest BCUT2D eigenvalue weighted by atomic mass is 35.5. The van der Waals surface area contributed by atoms with Gasteiger partial charge in [-0.25, -0.2) is 9.97 Å². The summed E-state index contributed by atoms with van der Waals surface area (Å²) in [7, 11) is 0. The number of hydrogen-bond donors (Lipinski definition) is 1. The van der Waals surface area contributed by atoms with Gasteiger partial charge in [0.15, 0.2) is 0 Å². The van der Waals surface area contributed by atoms with Crippen LogP contribution in [0.5, 0.6) is 0 Å². The summed E-state index contributed by atoms with van der Waals surface area (Å²) in [5, 5.41) is 3.75. The number of carbonyl (C=O) groups excluding carboxylic acids is 1. The number of hydrogen-bond acceptors (Lipinski definition) is 4. The van der Waals surface area contributed by atoms with Gasteiger partial charge in [0.25, 0.3) is 5.91 Å². The fraction of sp³-hybridized carbons (Fsp3) is 0.389. The van der Waals surface area contributed by atoms with E-state index in [1.807, 2.05) is 24.0 Å². The van der Waals surface area contributed by atoms with Gasteiger partial charge in [-0.15, -0.1) is 0 Å². The molecule has 0 aliphatic carbocycles. The average molecular weight is 345 g/mol. The molecule has 1 aliphatic heterocycles. The first-order chi connectivity index (χ1) is 11.5. The smallest absolute Gasteiger partial charge is 0.272 e. The molecule has 0 radical (unpaired) electrons. The third kappa shape index (κ3) is 4.03. The summed E-state index contributed by atoms with van der Waals surface area (Å²) in [6, 6.07) is 9.06. The number of aromatic nitrogens is 2. The highest BCUT2D eigenvalue weighted by Gasteiger charge is 2.23. The molecule has 126 valence electrons. The number of halogens is 1. The zero-order valence-corrected chi connectivity index (χ0v) is 14.7. The van der Waals surface area contributed by atoms with E-state index in [0.29, 0.717) is 22.6 Å². The molecule has 3 rings (SSSR count). The van der Waals surface area contributed by atoms with Crippen molar-refractivity contribution in [3.05, 3.63) is 46.7 Å². The first-order valence-electron chi connectivity index (χ1n) is 8.19. The largest absolute Gasteiger partial charge is 0.337 e. The molecule has 1 fully saturated rings. The predicted octanol–water partition coefficient (Wildman–Crippen LogP) is 4.05. The van der Waals surface area contributed by atoms with Gasteiger partial charge in [-0.3, -0.25) is 4.79 Å². The number of piperidine rings is 1. The molecule has 1 aliphatic rings. The monoisotopic (exact) mass is 344 g/mol. The maximum atomic E-state index is 12.7. The first-order valence-corrected chi connectivity index (χ1v) is 8.56. The Morgan fingerprint density at radius 2 is 2.17 bits per heavy atom. The number of nitrogens with zero attached hydrogens (tertiary/aromatic N) is 3. The summed E-state index contributed by atoms with van der Waals surface area (Å²) in [6.45, 7) is 5.62. The summed E-state index contributed by atoms with van der Waals surface area (Å²) >= 11 is 6.00. The SMILES string of the molecule is Cc1cc(C(=O)N2CCCC(C)C2)nc(Nc2cccc(Cl)c2)n1. The molecule has 6 heteroatoms. The van der Waals surface area contributed by atoms with Crippen LogP contribution in [0, 0.1) is 12.8 Å². The number of anilines is 2. The number of rotatable bonds is 3. The highest BCUT2D eigenvalue weighted by molar-refractivity contribution is 6.30. The molecule has 2 heterocycles. The maximum absolute atomic E-state index is 12.7. The Kier molecular flexibility index (Phi) is 5.00. The van der Waals surface area contributed by atoms with Crippen molar-refractivity contribution in [3.8, 4) is 0 Å². The Morgan fingerprint density at radius 3 is 2.92 bits per heavy atom. The molecule has 5 nitrogen and oxygen atoms in total. The third-order valence-electron chi connectivity index (χ3n) is 4.10. The maximum Gasteiger partial charge on any atom is 0.272 e. The molecule has 1 aromatic carbocycles. The van der Waals surface area contributed by atoms with E-state index in [9.17, 15) is 4.79 Å². The molecule has 2 aromatic rings. The zero-order chi connectivity index (χ0) is 17.1. The summed E-state index contributed by atoms with van der Waals surface area (Å²) in [5.74, 6) is 0.918. The van der Waals surface area contributed by atoms with E-state index in [-0.39, 0.29) is 5.91 Å². The molecule has 0 spiro atoms. The lowest BCUT2D eigenvalue weighted by Crippen LogP contribution is -2.39. The van der Waals surface area contributed by atoms with Crippen LogP contribution in [0.1, 0.15) is 35.9 Å². The van der Waals surface area contributed by atoms with Crippen LogP contribution in [0.25, 0.3) is 0 Å². The molecule has 0 bridgehead atoms. The van der Waals surface area contributed by atoms with Crippen molar-refractivity contribution in [1.82, 2.24) is 14.9 Å².